The van der Waals surface area contributed by atoms with Crippen molar-refractivity contribution in [2.45, 2.75) is 29.9 Å². The number of aliphatic hydroxyl groups excluding tert-OH is 1. The van der Waals surface area contributed by atoms with Crippen molar-refractivity contribution in [2.75, 3.05) is 13.2 Å². The Bertz CT molecular complexity index is 856. The molecule has 4 nitrogen and oxygen atoms in total. The fourth-order valence-corrected chi connectivity index (χ4v) is 3.50. The third-order valence-electron chi connectivity index (χ3n) is 4.93. The van der Waals surface area contributed by atoms with E-state index in [0.29, 0.717) is 0 Å². The van der Waals surface area contributed by atoms with E-state index in [0.717, 1.165) is 16.7 Å². The van der Waals surface area contributed by atoms with Gasteiger partial charge in [-0.2, -0.15) is 0 Å². The van der Waals surface area contributed by atoms with Crippen molar-refractivity contribution in [2.24, 2.45) is 0 Å². The van der Waals surface area contributed by atoms with Crippen molar-refractivity contribution in [1.29, 1.82) is 0 Å². The zero-order chi connectivity index (χ0) is 22.3. The molecular weight excluding hydrogens is 456 g/mol. The Kier molecular flexibility index (Phi) is 7.65. The van der Waals surface area contributed by atoms with Gasteiger partial charge in [-0.1, -0.05) is 107 Å². The van der Waals surface area contributed by atoms with Crippen LogP contribution in [-0.4, -0.2) is 34.7 Å². The van der Waals surface area contributed by atoms with Gasteiger partial charge in [0, 0.05) is 0 Å². The van der Waals surface area contributed by atoms with Crippen LogP contribution in [0.5, 0.6) is 0 Å². The van der Waals surface area contributed by atoms with Crippen LogP contribution in [-0.2, 0) is 19.9 Å². The van der Waals surface area contributed by atoms with Crippen LogP contribution in [0, 0.1) is 0 Å². The number of carbonyl (C=O) groups excluding carboxylic acids is 1. The molecule has 0 amide bonds. The number of aliphatic hydroxyl groups is 1. The largest absolute Gasteiger partial charge is 0.462 e. The molecule has 3 aromatic carbocycles. The monoisotopic (exact) mass is 482 g/mol. The Morgan fingerprint density at radius 3 is 1.55 bits per heavy atom. The predicted molar refractivity (Wildman–Crippen MR) is 125 cm³/mol. The number of hydrogen-bond donors (Lipinski definition) is 1. The minimum absolute atomic E-state index is 0.0192. The fraction of sp³-hybridized carbons (Fsp3) is 0.269. The summed E-state index contributed by atoms with van der Waals surface area (Å²) in [5.41, 5.74) is 1.90. The lowest BCUT2D eigenvalue weighted by atomic mass is 9.80. The van der Waals surface area contributed by atoms with Crippen LogP contribution < -0.4 is 0 Å². The maximum atomic E-state index is 12.0. The molecule has 0 aliphatic rings. The van der Waals surface area contributed by atoms with Crippen molar-refractivity contribution in [1.82, 2.24) is 0 Å². The van der Waals surface area contributed by atoms with Gasteiger partial charge in [0.2, 0.25) is 0 Å². The summed E-state index contributed by atoms with van der Waals surface area (Å²) in [4.78, 5) is 12.0. The highest BCUT2D eigenvalue weighted by Crippen LogP contribution is 2.40. The summed E-state index contributed by atoms with van der Waals surface area (Å²) in [5.74, 6) is -0.438. The van der Waals surface area contributed by atoms with Gasteiger partial charge >= 0.3 is 5.97 Å². The summed E-state index contributed by atoms with van der Waals surface area (Å²) in [6, 6.07) is 29.8. The van der Waals surface area contributed by atoms with Gasteiger partial charge in [0.1, 0.15) is 22.6 Å². The van der Waals surface area contributed by atoms with E-state index in [1.807, 2.05) is 91.0 Å². The summed E-state index contributed by atoms with van der Waals surface area (Å²) in [5, 5.41) is 10.6. The van der Waals surface area contributed by atoms with Gasteiger partial charge in [0.15, 0.2) is 0 Å². The highest BCUT2D eigenvalue weighted by atomic mass is 79.9. The minimum Gasteiger partial charge on any atom is -0.462 e. The summed E-state index contributed by atoms with van der Waals surface area (Å²) in [7, 11) is 0. The number of rotatable bonds is 9. The molecule has 5 heteroatoms. The predicted octanol–water partition coefficient (Wildman–Crippen LogP) is 5.07. The van der Waals surface area contributed by atoms with Crippen LogP contribution in [0.2, 0.25) is 0 Å². The van der Waals surface area contributed by atoms with Crippen molar-refractivity contribution in [3.63, 3.8) is 0 Å². The van der Waals surface area contributed by atoms with Gasteiger partial charge < -0.3 is 14.6 Å². The summed E-state index contributed by atoms with van der Waals surface area (Å²) >= 11 is 3.27. The van der Waals surface area contributed by atoms with Crippen LogP contribution in [0.15, 0.2) is 91.0 Å². The Hall–Kier alpha value is -2.47. The lowest BCUT2D eigenvalue weighted by Gasteiger charge is -2.36. The zero-order valence-electron chi connectivity index (χ0n) is 17.7. The number of carbonyl (C=O) groups is 1. The van der Waals surface area contributed by atoms with Crippen molar-refractivity contribution >= 4 is 21.9 Å². The van der Waals surface area contributed by atoms with E-state index in [9.17, 15) is 9.90 Å². The molecule has 1 N–H and O–H groups in total. The normalized spacial score (nSPS) is 12.9. The van der Waals surface area contributed by atoms with E-state index >= 15 is 0 Å². The number of ether oxygens (including phenoxy) is 2. The molecule has 0 saturated carbocycles. The first-order valence-electron chi connectivity index (χ1n) is 10.2. The molecule has 31 heavy (non-hydrogen) atoms. The average molecular weight is 483 g/mol. The lowest BCUT2D eigenvalue weighted by molar-refractivity contribution is -0.150. The van der Waals surface area contributed by atoms with Crippen LogP contribution in [0.3, 0.4) is 0 Å². The van der Waals surface area contributed by atoms with Gasteiger partial charge in [-0.15, -0.1) is 0 Å². The summed E-state index contributed by atoms with van der Waals surface area (Å²) in [6.07, 6.45) is -0.977. The molecular formula is C26H27BrO4. The molecule has 0 spiro atoms. The van der Waals surface area contributed by atoms with E-state index in [1.54, 1.807) is 13.8 Å². The zero-order valence-corrected chi connectivity index (χ0v) is 19.3. The molecule has 0 aliphatic heterocycles. The smallest absolute Gasteiger partial charge is 0.322 e. The first-order chi connectivity index (χ1) is 14.8. The van der Waals surface area contributed by atoms with E-state index in [2.05, 4.69) is 15.9 Å². The standard InChI is InChI=1S/C26H27BrO4/c1-25(2,27)24(29)30-18-23(28)19-31-26(20-12-6-3-7-13-20,21-14-8-4-9-15-21)22-16-10-5-11-17-22/h3-17,23,28H,18-19H2,1-2H3. The summed E-state index contributed by atoms with van der Waals surface area (Å²) < 4.78 is 10.9. The first-order valence-corrected chi connectivity index (χ1v) is 11.0. The first kappa shape index (κ1) is 23.2. The second kappa shape index (κ2) is 10.2. The van der Waals surface area contributed by atoms with Crippen LogP contribution >= 0.6 is 15.9 Å². The second-order valence-electron chi connectivity index (χ2n) is 7.82. The molecule has 3 aromatic rings. The number of hydrogen-bond acceptors (Lipinski definition) is 4. The highest BCUT2D eigenvalue weighted by molar-refractivity contribution is 9.10. The number of benzene rings is 3. The maximum absolute atomic E-state index is 12.0. The van der Waals surface area contributed by atoms with Gasteiger partial charge in [-0.3, -0.25) is 4.79 Å². The molecule has 0 aliphatic carbocycles. The molecule has 1 atom stereocenters. The molecule has 3 rings (SSSR count). The van der Waals surface area contributed by atoms with Crippen LogP contribution in [0.1, 0.15) is 30.5 Å². The fourth-order valence-electron chi connectivity index (χ4n) is 3.38. The Morgan fingerprint density at radius 2 is 1.19 bits per heavy atom. The van der Waals surface area contributed by atoms with Gasteiger partial charge in [-0.05, 0) is 30.5 Å². The van der Waals surface area contributed by atoms with E-state index < -0.39 is 22.0 Å². The third kappa shape index (κ3) is 5.62. The third-order valence-corrected chi connectivity index (χ3v) is 5.25. The molecule has 0 radical (unpaired) electrons. The second-order valence-corrected chi connectivity index (χ2v) is 9.80. The average Bonchev–Trinajstić information content (AvgIpc) is 2.79. The molecule has 1 unspecified atom stereocenters. The van der Waals surface area contributed by atoms with Gasteiger partial charge in [0.25, 0.3) is 0 Å². The van der Waals surface area contributed by atoms with E-state index in [1.165, 1.54) is 0 Å². The van der Waals surface area contributed by atoms with Gasteiger partial charge in [-0.25, -0.2) is 0 Å². The van der Waals surface area contributed by atoms with Gasteiger partial charge in [0.05, 0.1) is 6.61 Å². The Morgan fingerprint density at radius 1 is 0.806 bits per heavy atom. The highest BCUT2D eigenvalue weighted by Gasteiger charge is 2.38. The molecule has 0 saturated heterocycles. The maximum Gasteiger partial charge on any atom is 0.322 e. The Labute approximate surface area is 192 Å². The lowest BCUT2D eigenvalue weighted by Crippen LogP contribution is -2.37. The van der Waals surface area contributed by atoms with Crippen molar-refractivity contribution in [3.05, 3.63) is 108 Å². The van der Waals surface area contributed by atoms with E-state index in [4.69, 9.17) is 9.47 Å². The summed E-state index contributed by atoms with van der Waals surface area (Å²) in [6.45, 7) is 3.23. The molecule has 0 aromatic heterocycles. The SMILES string of the molecule is CC(C)(Br)C(=O)OCC(O)COC(c1ccccc1)(c1ccccc1)c1ccccc1. The molecule has 0 bridgehead atoms. The number of esters is 1. The molecule has 0 heterocycles. The van der Waals surface area contributed by atoms with Crippen molar-refractivity contribution < 1.29 is 19.4 Å². The Balaban J connectivity index is 1.94. The van der Waals surface area contributed by atoms with Crippen LogP contribution in [0.4, 0.5) is 0 Å². The minimum atomic E-state index is -0.977. The van der Waals surface area contributed by atoms with Crippen LogP contribution in [0.25, 0.3) is 0 Å². The van der Waals surface area contributed by atoms with Crippen molar-refractivity contribution in [3.8, 4) is 0 Å². The molecule has 162 valence electrons. The number of alkyl halides is 1. The topological polar surface area (TPSA) is 55.8 Å². The number of halogens is 1. The molecule has 0 fully saturated rings. The van der Waals surface area contributed by atoms with E-state index in [-0.39, 0.29) is 13.2 Å². The quantitative estimate of drug-likeness (QED) is 0.262.